The molecule has 1 N–H and O–H groups in total. The minimum absolute atomic E-state index is 0.101. The van der Waals surface area contributed by atoms with Crippen molar-refractivity contribution in [2.24, 2.45) is 0 Å². The van der Waals surface area contributed by atoms with Crippen molar-refractivity contribution < 1.29 is 14.3 Å². The van der Waals surface area contributed by atoms with Gasteiger partial charge in [0, 0.05) is 41.9 Å². The summed E-state index contributed by atoms with van der Waals surface area (Å²) >= 11 is 1.38. The molecule has 29 heavy (non-hydrogen) atoms. The number of hydrogen-bond acceptors (Lipinski definition) is 7. The first-order valence-electron chi connectivity index (χ1n) is 9.15. The Morgan fingerprint density at radius 2 is 2.07 bits per heavy atom. The third-order valence-electron chi connectivity index (χ3n) is 4.32. The van der Waals surface area contributed by atoms with Gasteiger partial charge in [-0.3, -0.25) is 14.7 Å². The average Bonchev–Trinajstić information content (AvgIpc) is 3.20. The topological polar surface area (TPSA) is 76.6 Å². The predicted molar refractivity (Wildman–Crippen MR) is 115 cm³/mol. The van der Waals surface area contributed by atoms with Crippen molar-refractivity contribution in [2.75, 3.05) is 39.7 Å². The van der Waals surface area contributed by atoms with E-state index in [1.165, 1.54) is 11.3 Å². The highest BCUT2D eigenvalue weighted by Crippen LogP contribution is 2.34. The van der Waals surface area contributed by atoms with Gasteiger partial charge in [0.1, 0.15) is 11.5 Å². The molecule has 0 saturated heterocycles. The highest BCUT2D eigenvalue weighted by molar-refractivity contribution is 7.14. The second-order valence-electron chi connectivity index (χ2n) is 6.46. The number of methoxy groups -OCH3 is 2. The summed E-state index contributed by atoms with van der Waals surface area (Å²) in [5.41, 5.74) is 2.60. The number of amides is 1. The largest absolute Gasteiger partial charge is 0.497 e. The Morgan fingerprint density at radius 1 is 1.21 bits per heavy atom. The number of aromatic nitrogens is 2. The lowest BCUT2D eigenvalue weighted by Crippen LogP contribution is -2.31. The van der Waals surface area contributed by atoms with Gasteiger partial charge in [0.2, 0.25) is 5.91 Å². The van der Waals surface area contributed by atoms with Crippen LogP contribution in [0.3, 0.4) is 0 Å². The zero-order valence-electron chi connectivity index (χ0n) is 16.7. The monoisotopic (exact) mass is 412 g/mol. The molecule has 0 atom stereocenters. The van der Waals surface area contributed by atoms with Gasteiger partial charge in [-0.05, 0) is 31.3 Å². The fourth-order valence-corrected chi connectivity index (χ4v) is 3.53. The van der Waals surface area contributed by atoms with Gasteiger partial charge >= 0.3 is 0 Å². The van der Waals surface area contributed by atoms with Crippen molar-refractivity contribution in [3.63, 3.8) is 0 Å². The van der Waals surface area contributed by atoms with Crippen molar-refractivity contribution in [3.8, 4) is 22.8 Å². The zero-order valence-corrected chi connectivity index (χ0v) is 17.5. The van der Waals surface area contributed by atoms with Crippen LogP contribution in [-0.2, 0) is 11.2 Å². The summed E-state index contributed by atoms with van der Waals surface area (Å²) in [5.74, 6) is 1.28. The number of carbonyl (C=O) groups is 1. The van der Waals surface area contributed by atoms with Crippen LogP contribution >= 0.6 is 11.3 Å². The van der Waals surface area contributed by atoms with Crippen LogP contribution in [0.25, 0.3) is 11.3 Å². The van der Waals surface area contributed by atoms with Crippen molar-refractivity contribution in [1.29, 1.82) is 0 Å². The Hall–Kier alpha value is -2.97. The number of nitrogens with one attached hydrogen (secondary N) is 1. The first kappa shape index (κ1) is 20.8. The van der Waals surface area contributed by atoms with E-state index in [0.29, 0.717) is 16.6 Å². The van der Waals surface area contributed by atoms with E-state index in [1.807, 2.05) is 53.7 Å². The van der Waals surface area contributed by atoms with Gasteiger partial charge in [-0.2, -0.15) is 0 Å². The van der Waals surface area contributed by atoms with Gasteiger partial charge in [-0.25, -0.2) is 4.98 Å². The number of ether oxygens (including phenoxy) is 2. The highest BCUT2D eigenvalue weighted by Gasteiger charge is 2.13. The third kappa shape index (κ3) is 5.75. The minimum atomic E-state index is -0.101. The zero-order chi connectivity index (χ0) is 20.6. The lowest BCUT2D eigenvalue weighted by atomic mass is 10.1. The van der Waals surface area contributed by atoms with Crippen molar-refractivity contribution in [1.82, 2.24) is 14.9 Å². The fraction of sp³-hybridized carbons (Fsp3) is 0.286. The Bertz CT molecular complexity index is 946. The first-order valence-corrected chi connectivity index (χ1v) is 10.0. The summed E-state index contributed by atoms with van der Waals surface area (Å²) in [6.45, 7) is 1.03. The molecule has 1 aromatic carbocycles. The number of carbonyl (C=O) groups excluding carboxylic acids is 1. The second kappa shape index (κ2) is 9.99. The van der Waals surface area contributed by atoms with Crippen molar-refractivity contribution in [3.05, 3.63) is 53.7 Å². The SMILES string of the molecule is COc1ccc(-c2csc(NC(=O)CN(C)CCc3ccccn3)n2)c(OC)c1. The molecule has 0 aliphatic heterocycles. The van der Waals surface area contributed by atoms with Crippen molar-refractivity contribution >= 4 is 22.4 Å². The molecular weight excluding hydrogens is 388 g/mol. The predicted octanol–water partition coefficient (Wildman–Crippen LogP) is 3.34. The molecule has 8 heteroatoms. The Kier molecular flexibility index (Phi) is 7.15. The van der Waals surface area contributed by atoms with E-state index in [2.05, 4.69) is 15.3 Å². The number of nitrogens with zero attached hydrogens (tertiary/aromatic N) is 3. The maximum absolute atomic E-state index is 12.3. The minimum Gasteiger partial charge on any atom is -0.497 e. The Balaban J connectivity index is 1.56. The summed E-state index contributed by atoms with van der Waals surface area (Å²) in [4.78, 5) is 23.1. The van der Waals surface area contributed by atoms with Gasteiger partial charge in [0.25, 0.3) is 0 Å². The number of rotatable bonds is 9. The molecule has 0 spiro atoms. The van der Waals surface area contributed by atoms with E-state index < -0.39 is 0 Å². The fourth-order valence-electron chi connectivity index (χ4n) is 2.80. The molecule has 0 aliphatic rings. The van der Waals surface area contributed by atoms with Crippen LogP contribution in [0.15, 0.2) is 48.0 Å². The summed E-state index contributed by atoms with van der Waals surface area (Å²) in [5, 5.41) is 5.32. The van der Waals surface area contributed by atoms with E-state index in [0.717, 1.165) is 29.9 Å². The molecule has 0 aliphatic carbocycles. The molecule has 0 fully saturated rings. The lowest BCUT2D eigenvalue weighted by Gasteiger charge is -2.15. The maximum atomic E-state index is 12.3. The van der Waals surface area contributed by atoms with E-state index in [9.17, 15) is 4.79 Å². The van der Waals surface area contributed by atoms with Gasteiger partial charge in [-0.15, -0.1) is 11.3 Å². The number of thiazole rings is 1. The van der Waals surface area contributed by atoms with Crippen LogP contribution in [0.2, 0.25) is 0 Å². The van der Waals surface area contributed by atoms with Crippen LogP contribution in [0.5, 0.6) is 11.5 Å². The van der Waals surface area contributed by atoms with E-state index in [1.54, 1.807) is 20.4 Å². The van der Waals surface area contributed by atoms with Crippen molar-refractivity contribution in [2.45, 2.75) is 6.42 Å². The molecule has 2 heterocycles. The molecule has 3 aromatic rings. The second-order valence-corrected chi connectivity index (χ2v) is 7.32. The summed E-state index contributed by atoms with van der Waals surface area (Å²) in [6.07, 6.45) is 2.57. The number of benzene rings is 1. The Labute approximate surface area is 174 Å². The smallest absolute Gasteiger partial charge is 0.240 e. The molecular formula is C21H24N4O3S. The average molecular weight is 413 g/mol. The number of anilines is 1. The molecule has 7 nitrogen and oxygen atoms in total. The van der Waals surface area contributed by atoms with Gasteiger partial charge in [0.05, 0.1) is 26.5 Å². The molecule has 0 unspecified atom stereocenters. The molecule has 152 valence electrons. The number of pyridine rings is 1. The van der Waals surface area contributed by atoms with Crippen LogP contribution in [0.4, 0.5) is 5.13 Å². The normalized spacial score (nSPS) is 10.8. The maximum Gasteiger partial charge on any atom is 0.240 e. The molecule has 2 aromatic heterocycles. The van der Waals surface area contributed by atoms with E-state index in [4.69, 9.17) is 9.47 Å². The third-order valence-corrected chi connectivity index (χ3v) is 5.08. The van der Waals surface area contributed by atoms with Crippen LogP contribution in [0, 0.1) is 0 Å². The van der Waals surface area contributed by atoms with E-state index in [-0.39, 0.29) is 12.5 Å². The van der Waals surface area contributed by atoms with Crippen LogP contribution in [-0.4, -0.2) is 55.1 Å². The summed E-state index contributed by atoms with van der Waals surface area (Å²) in [7, 11) is 5.13. The van der Waals surface area contributed by atoms with Crippen LogP contribution in [0.1, 0.15) is 5.69 Å². The van der Waals surface area contributed by atoms with Gasteiger partial charge < -0.3 is 14.8 Å². The quantitative estimate of drug-likeness (QED) is 0.581. The highest BCUT2D eigenvalue weighted by atomic mass is 32.1. The van der Waals surface area contributed by atoms with E-state index >= 15 is 0 Å². The summed E-state index contributed by atoms with van der Waals surface area (Å²) in [6, 6.07) is 11.4. The standard InChI is InChI=1S/C21H24N4O3S/c1-25(11-9-15-6-4-5-10-22-15)13-20(26)24-21-23-18(14-29-21)17-8-7-16(27-2)12-19(17)28-3/h4-8,10,12,14H,9,11,13H2,1-3H3,(H,23,24,26). The summed E-state index contributed by atoms with van der Waals surface area (Å²) < 4.78 is 10.7. The van der Waals surface area contributed by atoms with Crippen LogP contribution < -0.4 is 14.8 Å². The number of likely N-dealkylation sites (N-methyl/N-ethyl adjacent to an activating group) is 1. The van der Waals surface area contributed by atoms with Gasteiger partial charge in [-0.1, -0.05) is 6.07 Å². The molecule has 0 bridgehead atoms. The lowest BCUT2D eigenvalue weighted by molar-refractivity contribution is -0.117. The molecule has 0 saturated carbocycles. The Morgan fingerprint density at radius 3 is 2.79 bits per heavy atom. The van der Waals surface area contributed by atoms with Gasteiger partial charge in [0.15, 0.2) is 5.13 Å². The number of hydrogen-bond donors (Lipinski definition) is 1. The molecule has 1 amide bonds. The first-order chi connectivity index (χ1) is 14.1. The molecule has 0 radical (unpaired) electrons. The molecule has 3 rings (SSSR count).